The van der Waals surface area contributed by atoms with E-state index in [2.05, 4.69) is 10.6 Å². The quantitative estimate of drug-likeness (QED) is 0.890. The maximum atomic E-state index is 12.5. The van der Waals surface area contributed by atoms with Crippen LogP contribution in [0, 0.1) is 5.92 Å². The summed E-state index contributed by atoms with van der Waals surface area (Å²) in [5.41, 5.74) is 1.91. The zero-order valence-corrected chi connectivity index (χ0v) is 14.1. The van der Waals surface area contributed by atoms with Crippen LogP contribution < -0.4 is 15.4 Å². The highest BCUT2D eigenvalue weighted by Crippen LogP contribution is 2.28. The van der Waals surface area contributed by atoms with Gasteiger partial charge in [0.05, 0.1) is 12.5 Å². The Morgan fingerprint density at radius 3 is 3.08 bits per heavy atom. The van der Waals surface area contributed by atoms with Crippen LogP contribution in [-0.2, 0) is 11.2 Å². The van der Waals surface area contributed by atoms with Gasteiger partial charge < -0.3 is 20.3 Å². The zero-order valence-electron chi connectivity index (χ0n) is 14.1. The first-order chi connectivity index (χ1) is 11.7. The van der Waals surface area contributed by atoms with Crippen LogP contribution in [0.4, 0.5) is 10.5 Å². The minimum Gasteiger partial charge on any atom is -0.493 e. The molecule has 6 nitrogen and oxygen atoms in total. The van der Waals surface area contributed by atoms with Gasteiger partial charge in [0.1, 0.15) is 5.75 Å². The maximum Gasteiger partial charge on any atom is 0.321 e. The van der Waals surface area contributed by atoms with Gasteiger partial charge >= 0.3 is 6.03 Å². The lowest BCUT2D eigenvalue weighted by Crippen LogP contribution is -2.47. The molecule has 0 spiro atoms. The third kappa shape index (κ3) is 3.80. The number of nitrogens with one attached hydrogen (secondary N) is 2. The van der Waals surface area contributed by atoms with E-state index < -0.39 is 0 Å². The predicted octanol–water partition coefficient (Wildman–Crippen LogP) is 2.39. The topological polar surface area (TPSA) is 70.7 Å². The molecule has 0 saturated carbocycles. The van der Waals surface area contributed by atoms with Crippen molar-refractivity contribution in [3.8, 4) is 5.75 Å². The van der Waals surface area contributed by atoms with Crippen molar-refractivity contribution in [1.29, 1.82) is 0 Å². The summed E-state index contributed by atoms with van der Waals surface area (Å²) in [6.07, 6.45) is 3.50. The number of rotatable bonds is 4. The number of ether oxygens (including phenoxy) is 1. The summed E-state index contributed by atoms with van der Waals surface area (Å²) in [7, 11) is 0. The number of fused-ring (bicyclic) bond motifs is 1. The summed E-state index contributed by atoms with van der Waals surface area (Å²) in [6.45, 7) is 4.60. The lowest BCUT2D eigenvalue weighted by Gasteiger charge is -2.32. The number of nitrogens with zero attached hydrogens (tertiary/aromatic N) is 1. The van der Waals surface area contributed by atoms with E-state index in [1.165, 1.54) is 0 Å². The molecule has 24 heavy (non-hydrogen) atoms. The Balaban J connectivity index is 1.57. The van der Waals surface area contributed by atoms with Crippen molar-refractivity contribution in [2.24, 2.45) is 5.92 Å². The molecule has 2 N–H and O–H groups in total. The number of benzene rings is 1. The third-order valence-corrected chi connectivity index (χ3v) is 4.57. The summed E-state index contributed by atoms with van der Waals surface area (Å²) in [5.74, 6) is 0.854. The fraction of sp³-hybridized carbons (Fsp3) is 0.556. The number of hydrogen-bond donors (Lipinski definition) is 2. The second kappa shape index (κ2) is 7.55. The van der Waals surface area contributed by atoms with Crippen LogP contribution in [0.3, 0.4) is 0 Å². The molecule has 130 valence electrons. The predicted molar refractivity (Wildman–Crippen MR) is 92.3 cm³/mol. The van der Waals surface area contributed by atoms with Crippen LogP contribution in [0.2, 0.25) is 0 Å². The van der Waals surface area contributed by atoms with Crippen molar-refractivity contribution in [2.45, 2.75) is 32.6 Å². The number of carbonyl (C=O) groups is 2. The molecule has 1 fully saturated rings. The molecule has 2 aliphatic rings. The van der Waals surface area contributed by atoms with Gasteiger partial charge in [0.2, 0.25) is 5.91 Å². The molecule has 1 atom stereocenters. The van der Waals surface area contributed by atoms with Crippen LogP contribution in [0.25, 0.3) is 0 Å². The van der Waals surface area contributed by atoms with Gasteiger partial charge in [-0.1, -0.05) is 6.92 Å². The van der Waals surface area contributed by atoms with Crippen LogP contribution in [-0.4, -0.2) is 43.1 Å². The lowest BCUT2D eigenvalue weighted by molar-refractivity contribution is -0.126. The molecule has 3 amide bonds. The Kier molecular flexibility index (Phi) is 5.23. The molecular weight excluding hydrogens is 306 g/mol. The Morgan fingerprint density at radius 1 is 1.38 bits per heavy atom. The monoisotopic (exact) mass is 331 g/mol. The van der Waals surface area contributed by atoms with E-state index in [0.29, 0.717) is 26.2 Å². The molecule has 3 rings (SSSR count). The first kappa shape index (κ1) is 16.6. The molecule has 2 heterocycles. The Morgan fingerprint density at radius 2 is 2.25 bits per heavy atom. The smallest absolute Gasteiger partial charge is 0.321 e. The average molecular weight is 331 g/mol. The number of carbonyl (C=O) groups excluding carboxylic acids is 2. The lowest BCUT2D eigenvalue weighted by atomic mass is 9.97. The van der Waals surface area contributed by atoms with Gasteiger partial charge in [-0.3, -0.25) is 4.79 Å². The number of amides is 3. The number of likely N-dealkylation sites (tertiary alicyclic amines) is 1. The van der Waals surface area contributed by atoms with E-state index >= 15 is 0 Å². The molecule has 1 aromatic rings. The highest BCUT2D eigenvalue weighted by atomic mass is 16.5. The van der Waals surface area contributed by atoms with Crippen molar-refractivity contribution in [2.75, 3.05) is 31.6 Å². The van der Waals surface area contributed by atoms with E-state index in [0.717, 1.165) is 42.7 Å². The Labute approximate surface area is 142 Å². The van der Waals surface area contributed by atoms with Crippen LogP contribution in [0.15, 0.2) is 18.2 Å². The highest BCUT2D eigenvalue weighted by Gasteiger charge is 2.28. The van der Waals surface area contributed by atoms with E-state index in [1.807, 2.05) is 25.1 Å². The van der Waals surface area contributed by atoms with E-state index in [-0.39, 0.29) is 17.9 Å². The second-order valence-electron chi connectivity index (χ2n) is 6.43. The molecule has 0 radical (unpaired) electrons. The molecule has 0 bridgehead atoms. The van der Waals surface area contributed by atoms with Crippen molar-refractivity contribution >= 4 is 17.6 Å². The zero-order chi connectivity index (χ0) is 16.9. The van der Waals surface area contributed by atoms with Crippen molar-refractivity contribution in [1.82, 2.24) is 10.2 Å². The van der Waals surface area contributed by atoms with Gasteiger partial charge in [-0.15, -0.1) is 0 Å². The molecule has 2 aliphatic heterocycles. The minimum atomic E-state index is -0.137. The SMILES string of the molecule is CCCNC(=O)[C@@H]1CCCN(C(=O)Nc2ccc3c(c2)CCO3)C1. The van der Waals surface area contributed by atoms with E-state index in [4.69, 9.17) is 4.74 Å². The second-order valence-corrected chi connectivity index (χ2v) is 6.43. The van der Waals surface area contributed by atoms with Gasteiger partial charge in [0.15, 0.2) is 0 Å². The fourth-order valence-corrected chi connectivity index (χ4v) is 3.24. The van der Waals surface area contributed by atoms with E-state index in [1.54, 1.807) is 4.90 Å². The van der Waals surface area contributed by atoms with Crippen LogP contribution >= 0.6 is 0 Å². The fourth-order valence-electron chi connectivity index (χ4n) is 3.24. The standard InChI is InChI=1S/C18H25N3O3/c1-2-8-19-17(22)14-4-3-9-21(12-14)18(23)20-15-5-6-16-13(11-15)7-10-24-16/h5-6,11,14H,2-4,7-10,12H2,1H3,(H,19,22)(H,20,23)/t14-/m1/s1. The summed E-state index contributed by atoms with van der Waals surface area (Å²) in [5, 5.41) is 5.87. The van der Waals surface area contributed by atoms with Crippen LogP contribution in [0.1, 0.15) is 31.7 Å². The minimum absolute atomic E-state index is 0.0593. The Bertz CT molecular complexity index is 618. The van der Waals surface area contributed by atoms with Gasteiger partial charge in [-0.05, 0) is 43.0 Å². The molecule has 1 aromatic carbocycles. The van der Waals surface area contributed by atoms with Crippen molar-refractivity contribution < 1.29 is 14.3 Å². The van der Waals surface area contributed by atoms with Gasteiger partial charge in [-0.2, -0.15) is 0 Å². The number of anilines is 1. The summed E-state index contributed by atoms with van der Waals surface area (Å²) < 4.78 is 5.48. The van der Waals surface area contributed by atoms with E-state index in [9.17, 15) is 9.59 Å². The third-order valence-electron chi connectivity index (χ3n) is 4.57. The first-order valence-electron chi connectivity index (χ1n) is 8.76. The largest absolute Gasteiger partial charge is 0.493 e. The molecule has 0 aliphatic carbocycles. The molecule has 0 unspecified atom stereocenters. The van der Waals surface area contributed by atoms with Crippen molar-refractivity contribution in [3.05, 3.63) is 23.8 Å². The maximum absolute atomic E-state index is 12.5. The Hall–Kier alpha value is -2.24. The molecule has 0 aromatic heterocycles. The number of hydrogen-bond acceptors (Lipinski definition) is 3. The van der Waals surface area contributed by atoms with Gasteiger partial charge in [0, 0.05) is 31.7 Å². The number of piperidine rings is 1. The highest BCUT2D eigenvalue weighted by molar-refractivity contribution is 5.90. The average Bonchev–Trinajstić information content (AvgIpc) is 3.07. The summed E-state index contributed by atoms with van der Waals surface area (Å²) in [6, 6.07) is 5.59. The van der Waals surface area contributed by atoms with Crippen molar-refractivity contribution in [3.63, 3.8) is 0 Å². The molecular formula is C18H25N3O3. The molecule has 6 heteroatoms. The molecule has 1 saturated heterocycles. The van der Waals surface area contributed by atoms with Gasteiger partial charge in [-0.25, -0.2) is 4.79 Å². The van der Waals surface area contributed by atoms with Crippen LogP contribution in [0.5, 0.6) is 5.75 Å². The summed E-state index contributed by atoms with van der Waals surface area (Å²) >= 11 is 0. The normalized spacial score (nSPS) is 19.4. The number of urea groups is 1. The first-order valence-corrected chi connectivity index (χ1v) is 8.76. The van der Waals surface area contributed by atoms with Gasteiger partial charge in [0.25, 0.3) is 0 Å². The summed E-state index contributed by atoms with van der Waals surface area (Å²) in [4.78, 5) is 26.4.